The van der Waals surface area contributed by atoms with E-state index in [1.165, 1.54) is 0 Å². The molecule has 0 saturated carbocycles. The molecule has 0 saturated heterocycles. The number of nitrogens with zero attached hydrogens (tertiary/aromatic N) is 1. The molecular weight excluding hydrogens is 200 g/mol. The van der Waals surface area contributed by atoms with Crippen LogP contribution in [0.5, 0.6) is 0 Å². The first-order chi connectivity index (χ1) is 7.52. The summed E-state index contributed by atoms with van der Waals surface area (Å²) in [5.41, 5.74) is 0. The fourth-order valence-corrected chi connectivity index (χ4v) is 1.12. The highest BCUT2D eigenvalue weighted by Crippen LogP contribution is 1.97. The summed E-state index contributed by atoms with van der Waals surface area (Å²) < 4.78 is 0. The molecule has 0 rings (SSSR count). The van der Waals surface area contributed by atoms with Crippen molar-refractivity contribution in [2.24, 2.45) is 5.92 Å². The summed E-state index contributed by atoms with van der Waals surface area (Å²) in [6, 6.07) is 0. The van der Waals surface area contributed by atoms with E-state index >= 15 is 0 Å². The van der Waals surface area contributed by atoms with Crippen molar-refractivity contribution in [3.8, 4) is 0 Å². The standard InChI is InChI=1S/C11H24N2O.C2H6.H2/c1-10(2)9-12-11(14)7-5-6-8-13(3)4;1-2;/h10H,5-9H2,1-4H3,(H,12,14);1-2H3;1H. The van der Waals surface area contributed by atoms with Crippen LogP contribution in [0, 0.1) is 5.92 Å². The highest BCUT2D eigenvalue weighted by molar-refractivity contribution is 5.75. The van der Waals surface area contributed by atoms with E-state index in [9.17, 15) is 4.79 Å². The normalized spacial score (nSPS) is 10.0. The average molecular weight is 232 g/mol. The number of hydrogen-bond acceptors (Lipinski definition) is 2. The van der Waals surface area contributed by atoms with Crippen molar-refractivity contribution in [1.82, 2.24) is 10.2 Å². The van der Waals surface area contributed by atoms with Crippen LogP contribution in [0.15, 0.2) is 0 Å². The van der Waals surface area contributed by atoms with Gasteiger partial charge in [0.25, 0.3) is 0 Å². The van der Waals surface area contributed by atoms with Crippen molar-refractivity contribution < 1.29 is 6.22 Å². The maximum Gasteiger partial charge on any atom is 0.220 e. The topological polar surface area (TPSA) is 32.3 Å². The molecule has 3 heteroatoms. The van der Waals surface area contributed by atoms with Gasteiger partial charge in [0.15, 0.2) is 0 Å². The summed E-state index contributed by atoms with van der Waals surface area (Å²) in [5.74, 6) is 0.734. The predicted octanol–water partition coefficient (Wildman–Crippen LogP) is 2.76. The Hall–Kier alpha value is -0.570. The zero-order valence-corrected chi connectivity index (χ0v) is 12.0. The number of carbonyl (C=O) groups is 1. The van der Waals surface area contributed by atoms with Crippen molar-refractivity contribution >= 4 is 5.91 Å². The number of unbranched alkanes of at least 4 members (excludes halogenated alkanes) is 1. The Balaban J connectivity index is -0.000000616. The smallest absolute Gasteiger partial charge is 0.220 e. The summed E-state index contributed by atoms with van der Waals surface area (Å²) in [5, 5.41) is 2.92. The van der Waals surface area contributed by atoms with Crippen LogP contribution in [0.4, 0.5) is 0 Å². The van der Waals surface area contributed by atoms with E-state index in [-0.39, 0.29) is 7.33 Å². The Morgan fingerprint density at radius 2 is 1.81 bits per heavy atom. The first kappa shape index (κ1) is 17.8. The van der Waals surface area contributed by atoms with Crippen molar-refractivity contribution in [2.45, 2.75) is 47.0 Å². The number of rotatable bonds is 7. The Kier molecular flexibility index (Phi) is 13.9. The quantitative estimate of drug-likeness (QED) is 0.685. The van der Waals surface area contributed by atoms with E-state index in [1.807, 2.05) is 13.8 Å². The van der Waals surface area contributed by atoms with Crippen molar-refractivity contribution in [3.63, 3.8) is 0 Å². The third-order valence-electron chi connectivity index (χ3n) is 1.97. The van der Waals surface area contributed by atoms with Gasteiger partial charge >= 0.3 is 0 Å². The van der Waals surface area contributed by atoms with E-state index in [4.69, 9.17) is 0 Å². The van der Waals surface area contributed by atoms with Crippen LogP contribution < -0.4 is 5.32 Å². The maximum absolute atomic E-state index is 11.3. The first-order valence-corrected chi connectivity index (χ1v) is 6.43. The van der Waals surface area contributed by atoms with Crippen LogP contribution in [0.2, 0.25) is 0 Å². The highest BCUT2D eigenvalue weighted by atomic mass is 16.1. The molecule has 1 amide bonds. The lowest BCUT2D eigenvalue weighted by atomic mass is 10.2. The summed E-state index contributed by atoms with van der Waals surface area (Å²) in [7, 11) is 4.11. The van der Waals surface area contributed by atoms with Crippen LogP contribution in [0.3, 0.4) is 0 Å². The molecule has 0 aliphatic heterocycles. The van der Waals surface area contributed by atoms with Crippen molar-refractivity contribution in [2.75, 3.05) is 27.2 Å². The van der Waals surface area contributed by atoms with E-state index in [0.29, 0.717) is 12.3 Å². The summed E-state index contributed by atoms with van der Waals surface area (Å²) in [4.78, 5) is 13.4. The van der Waals surface area contributed by atoms with Crippen LogP contribution in [0.1, 0.15) is 48.4 Å². The summed E-state index contributed by atoms with van der Waals surface area (Å²) in [6.45, 7) is 10.1. The molecule has 0 aromatic heterocycles. The molecule has 0 aromatic carbocycles. The van der Waals surface area contributed by atoms with Gasteiger partial charge in [0.1, 0.15) is 0 Å². The second-order valence-corrected chi connectivity index (χ2v) is 4.46. The maximum atomic E-state index is 11.3. The lowest BCUT2D eigenvalue weighted by Crippen LogP contribution is -2.27. The Labute approximate surface area is 103 Å². The molecule has 0 aliphatic rings. The average Bonchev–Trinajstić information content (AvgIpc) is 2.24. The number of carbonyl (C=O) groups excluding carboxylic acids is 1. The van der Waals surface area contributed by atoms with Crippen molar-refractivity contribution in [3.05, 3.63) is 0 Å². The molecule has 0 heterocycles. The number of nitrogens with one attached hydrogen (secondary N) is 1. The fraction of sp³-hybridized carbons (Fsp3) is 0.923. The zero-order chi connectivity index (χ0) is 13.0. The van der Waals surface area contributed by atoms with Gasteiger partial charge in [-0.1, -0.05) is 27.7 Å². The van der Waals surface area contributed by atoms with Crippen molar-refractivity contribution in [1.29, 1.82) is 0 Å². The molecule has 0 radical (unpaired) electrons. The molecule has 100 valence electrons. The predicted molar refractivity (Wildman–Crippen MR) is 73.7 cm³/mol. The van der Waals surface area contributed by atoms with Gasteiger partial charge in [-0.15, -0.1) is 0 Å². The van der Waals surface area contributed by atoms with Gasteiger partial charge in [0, 0.05) is 14.4 Å². The lowest BCUT2D eigenvalue weighted by Gasteiger charge is -2.09. The first-order valence-electron chi connectivity index (χ1n) is 6.43. The van der Waals surface area contributed by atoms with E-state index in [2.05, 4.69) is 38.2 Å². The Bertz CT molecular complexity index is 161. The van der Waals surface area contributed by atoms with Gasteiger partial charge in [-0.3, -0.25) is 4.79 Å². The van der Waals surface area contributed by atoms with E-state index in [1.54, 1.807) is 0 Å². The third-order valence-corrected chi connectivity index (χ3v) is 1.97. The van der Waals surface area contributed by atoms with Crippen LogP contribution in [-0.2, 0) is 4.79 Å². The fourth-order valence-electron chi connectivity index (χ4n) is 1.12. The Morgan fingerprint density at radius 3 is 2.25 bits per heavy atom. The van der Waals surface area contributed by atoms with Gasteiger partial charge in [0.2, 0.25) is 5.91 Å². The molecule has 16 heavy (non-hydrogen) atoms. The van der Waals surface area contributed by atoms with Gasteiger partial charge in [-0.05, 0) is 39.4 Å². The molecule has 1 N–H and O–H groups in total. The zero-order valence-electron chi connectivity index (χ0n) is 12.0. The molecular formula is C13H32N2O. The largest absolute Gasteiger partial charge is 0.356 e. The molecule has 0 aromatic rings. The Morgan fingerprint density at radius 1 is 1.25 bits per heavy atom. The van der Waals surface area contributed by atoms with Gasteiger partial charge in [-0.25, -0.2) is 0 Å². The van der Waals surface area contributed by atoms with Gasteiger partial charge in [0.05, 0.1) is 0 Å². The highest BCUT2D eigenvalue weighted by Gasteiger charge is 2.01. The molecule has 0 unspecified atom stereocenters. The summed E-state index contributed by atoms with van der Waals surface area (Å²) in [6.07, 6.45) is 2.75. The molecule has 0 spiro atoms. The minimum Gasteiger partial charge on any atom is -0.356 e. The molecule has 0 bridgehead atoms. The van der Waals surface area contributed by atoms with E-state index in [0.717, 1.165) is 25.9 Å². The second-order valence-electron chi connectivity index (χ2n) is 4.46. The van der Waals surface area contributed by atoms with Gasteiger partial charge < -0.3 is 10.2 Å². The summed E-state index contributed by atoms with van der Waals surface area (Å²) >= 11 is 0. The van der Waals surface area contributed by atoms with Gasteiger partial charge in [-0.2, -0.15) is 0 Å². The minimum atomic E-state index is 0. The molecule has 0 atom stereocenters. The van der Waals surface area contributed by atoms with Crippen LogP contribution in [-0.4, -0.2) is 38.0 Å². The molecule has 0 aliphatic carbocycles. The van der Waals surface area contributed by atoms with Crippen LogP contribution in [0.25, 0.3) is 0 Å². The SMILES string of the molecule is CC.CC(C)CNC(=O)CCCCN(C)C.[HH]. The molecule has 3 nitrogen and oxygen atoms in total. The second kappa shape index (κ2) is 12.5. The third kappa shape index (κ3) is 15.9. The number of hydrogen-bond donors (Lipinski definition) is 1. The monoisotopic (exact) mass is 232 g/mol. The number of amides is 1. The lowest BCUT2D eigenvalue weighted by molar-refractivity contribution is -0.121. The minimum absolute atomic E-state index is 0. The van der Waals surface area contributed by atoms with E-state index < -0.39 is 0 Å². The molecule has 0 fully saturated rings. The van der Waals surface area contributed by atoms with Crippen LogP contribution >= 0.6 is 0 Å².